The summed E-state index contributed by atoms with van der Waals surface area (Å²) in [6.07, 6.45) is 0. The Hall–Kier alpha value is -1.16. The lowest BCUT2D eigenvalue weighted by molar-refractivity contribution is 0.275. The van der Waals surface area contributed by atoms with Gasteiger partial charge >= 0.3 is 4.70 Å². The fraction of sp³-hybridized carbons (Fsp3) is 0.0714. The van der Waals surface area contributed by atoms with Gasteiger partial charge in [-0.25, -0.2) is 0 Å². The van der Waals surface area contributed by atoms with E-state index < -0.39 is 4.70 Å². The standard InChI is InChI=1S/C13H11NS.CCl2O/c1-9-6-7-13-11(8-9)14-10-4-2-3-5-12(10)15-13;2-1(3)4/h2-8,14H,1H3;. The molecule has 2 aromatic carbocycles. The van der Waals surface area contributed by atoms with E-state index in [0.29, 0.717) is 0 Å². The minimum Gasteiger partial charge on any atom is -0.354 e. The topological polar surface area (TPSA) is 29.1 Å². The molecule has 1 N–H and O–H groups in total. The van der Waals surface area contributed by atoms with E-state index in [1.165, 1.54) is 26.7 Å². The predicted molar refractivity (Wildman–Crippen MR) is 82.1 cm³/mol. The molecule has 0 radical (unpaired) electrons. The summed E-state index contributed by atoms with van der Waals surface area (Å²) in [6.45, 7) is 2.12. The summed E-state index contributed by atoms with van der Waals surface area (Å²) in [5.74, 6) is 0. The van der Waals surface area contributed by atoms with Gasteiger partial charge in [0.25, 0.3) is 0 Å². The number of para-hydroxylation sites is 1. The third-order valence-corrected chi connectivity index (χ3v) is 3.66. The highest BCUT2D eigenvalue weighted by molar-refractivity contribution is 7.99. The Labute approximate surface area is 126 Å². The Kier molecular flexibility index (Phi) is 4.75. The first kappa shape index (κ1) is 14.3. The lowest BCUT2D eigenvalue weighted by atomic mass is 10.2. The van der Waals surface area contributed by atoms with Gasteiger partial charge in [0.1, 0.15) is 0 Å². The number of hydrogen-bond donors (Lipinski definition) is 1. The van der Waals surface area contributed by atoms with Crippen molar-refractivity contribution in [3.05, 3.63) is 48.0 Å². The summed E-state index contributed by atoms with van der Waals surface area (Å²) < 4.78 is -0.889. The monoisotopic (exact) mass is 311 g/mol. The van der Waals surface area contributed by atoms with Gasteiger partial charge in [-0.1, -0.05) is 30.0 Å². The van der Waals surface area contributed by atoms with Crippen LogP contribution in [0.15, 0.2) is 52.3 Å². The van der Waals surface area contributed by atoms with Crippen molar-refractivity contribution in [2.75, 3.05) is 5.32 Å². The highest BCUT2D eigenvalue weighted by atomic mass is 35.5. The van der Waals surface area contributed by atoms with Crippen molar-refractivity contribution in [3.63, 3.8) is 0 Å². The smallest absolute Gasteiger partial charge is 0.313 e. The minimum atomic E-state index is -0.889. The Morgan fingerprint density at radius 1 is 1.05 bits per heavy atom. The molecule has 0 aromatic heterocycles. The van der Waals surface area contributed by atoms with E-state index in [1.807, 2.05) is 11.8 Å². The summed E-state index contributed by atoms with van der Waals surface area (Å²) in [6, 6.07) is 14.9. The molecular weight excluding hydrogens is 301 g/mol. The summed E-state index contributed by atoms with van der Waals surface area (Å²) >= 11 is 10.6. The highest BCUT2D eigenvalue weighted by Gasteiger charge is 2.14. The van der Waals surface area contributed by atoms with Gasteiger partial charge in [0, 0.05) is 9.79 Å². The minimum absolute atomic E-state index is 0.889. The van der Waals surface area contributed by atoms with Crippen LogP contribution in [-0.4, -0.2) is 4.70 Å². The van der Waals surface area contributed by atoms with E-state index >= 15 is 0 Å². The average molecular weight is 312 g/mol. The molecule has 0 fully saturated rings. The lowest BCUT2D eigenvalue weighted by Gasteiger charge is -2.20. The molecule has 2 aromatic rings. The number of hydrogen-bond acceptors (Lipinski definition) is 3. The Bertz CT molecular complexity index is 612. The number of fused-ring (bicyclic) bond motifs is 2. The molecule has 19 heavy (non-hydrogen) atoms. The Morgan fingerprint density at radius 2 is 1.68 bits per heavy atom. The number of aryl methyl sites for hydroxylation is 1. The largest absolute Gasteiger partial charge is 0.354 e. The van der Waals surface area contributed by atoms with Crippen molar-refractivity contribution in [2.45, 2.75) is 16.7 Å². The van der Waals surface area contributed by atoms with Crippen molar-refractivity contribution < 1.29 is 4.79 Å². The molecule has 5 heteroatoms. The van der Waals surface area contributed by atoms with Gasteiger partial charge in [-0.05, 0) is 60.0 Å². The molecule has 0 spiro atoms. The second-order valence-electron chi connectivity index (χ2n) is 3.95. The van der Waals surface area contributed by atoms with Crippen molar-refractivity contribution in [1.29, 1.82) is 0 Å². The first-order valence-electron chi connectivity index (χ1n) is 5.56. The molecule has 1 heterocycles. The van der Waals surface area contributed by atoms with Crippen molar-refractivity contribution in [1.82, 2.24) is 0 Å². The van der Waals surface area contributed by atoms with E-state index in [2.05, 4.69) is 77.9 Å². The SMILES string of the molecule is Cc1ccc2c(c1)Nc1ccccc1S2.O=C(Cl)Cl. The first-order chi connectivity index (χ1) is 9.06. The average Bonchev–Trinajstić information content (AvgIpc) is 2.35. The molecule has 3 rings (SSSR count). The van der Waals surface area contributed by atoms with E-state index in [0.717, 1.165) is 0 Å². The molecule has 0 amide bonds. The Balaban J connectivity index is 0.000000297. The van der Waals surface area contributed by atoms with E-state index in [1.54, 1.807) is 0 Å². The van der Waals surface area contributed by atoms with Crippen LogP contribution in [0, 0.1) is 6.92 Å². The molecule has 0 saturated heterocycles. The van der Waals surface area contributed by atoms with Gasteiger partial charge in [0.2, 0.25) is 0 Å². The van der Waals surface area contributed by atoms with Crippen LogP contribution in [0.25, 0.3) is 0 Å². The van der Waals surface area contributed by atoms with E-state index in [4.69, 9.17) is 4.79 Å². The molecule has 98 valence electrons. The van der Waals surface area contributed by atoms with Crippen LogP contribution in [0.2, 0.25) is 0 Å². The zero-order chi connectivity index (χ0) is 13.8. The van der Waals surface area contributed by atoms with Crippen LogP contribution in [-0.2, 0) is 0 Å². The number of carbonyl (C=O) groups is 1. The second-order valence-corrected chi connectivity index (χ2v) is 5.91. The molecule has 0 aliphatic carbocycles. The van der Waals surface area contributed by atoms with Crippen LogP contribution < -0.4 is 5.32 Å². The third kappa shape index (κ3) is 3.90. The van der Waals surface area contributed by atoms with Gasteiger partial charge in [0.05, 0.1) is 11.4 Å². The number of halogens is 2. The number of rotatable bonds is 0. The van der Waals surface area contributed by atoms with Crippen LogP contribution in [0.1, 0.15) is 5.56 Å². The molecule has 0 unspecified atom stereocenters. The molecule has 0 bridgehead atoms. The van der Waals surface area contributed by atoms with Crippen molar-refractivity contribution in [2.24, 2.45) is 0 Å². The zero-order valence-electron chi connectivity index (χ0n) is 10.1. The van der Waals surface area contributed by atoms with Gasteiger partial charge in [-0.2, -0.15) is 0 Å². The first-order valence-corrected chi connectivity index (χ1v) is 7.13. The fourth-order valence-corrected chi connectivity index (χ4v) is 2.72. The number of nitrogens with one attached hydrogen (secondary N) is 1. The van der Waals surface area contributed by atoms with Crippen molar-refractivity contribution in [3.8, 4) is 0 Å². The van der Waals surface area contributed by atoms with Crippen LogP contribution in [0.4, 0.5) is 16.2 Å². The van der Waals surface area contributed by atoms with Gasteiger partial charge in [-0.3, -0.25) is 4.79 Å². The summed E-state index contributed by atoms with van der Waals surface area (Å²) in [5.41, 5.74) is 3.72. The molecule has 1 aliphatic rings. The Morgan fingerprint density at radius 3 is 2.42 bits per heavy atom. The molecular formula is C14H11Cl2NOS. The second kappa shape index (κ2) is 6.33. The maximum Gasteiger partial charge on any atom is 0.313 e. The number of anilines is 2. The summed E-state index contributed by atoms with van der Waals surface area (Å²) in [5, 5.41) is 3.46. The van der Waals surface area contributed by atoms with E-state index in [9.17, 15) is 0 Å². The van der Waals surface area contributed by atoms with E-state index in [-0.39, 0.29) is 0 Å². The summed E-state index contributed by atoms with van der Waals surface area (Å²) in [4.78, 5) is 11.6. The third-order valence-electron chi connectivity index (χ3n) is 2.51. The number of benzene rings is 2. The maximum atomic E-state index is 8.98. The fourth-order valence-electron chi connectivity index (χ4n) is 1.75. The molecule has 0 saturated carbocycles. The molecule has 2 nitrogen and oxygen atoms in total. The predicted octanol–water partition coefficient (Wildman–Crippen LogP) is 5.79. The van der Waals surface area contributed by atoms with Gasteiger partial charge in [0.15, 0.2) is 0 Å². The number of carbonyl (C=O) groups excluding carboxylic acids is 1. The molecule has 0 atom stereocenters. The lowest BCUT2D eigenvalue weighted by Crippen LogP contribution is -1.99. The molecule has 1 aliphatic heterocycles. The van der Waals surface area contributed by atoms with Crippen LogP contribution >= 0.6 is 35.0 Å². The van der Waals surface area contributed by atoms with Gasteiger partial charge in [-0.15, -0.1) is 0 Å². The quantitative estimate of drug-likeness (QED) is 0.533. The van der Waals surface area contributed by atoms with Gasteiger partial charge < -0.3 is 5.32 Å². The van der Waals surface area contributed by atoms with Crippen LogP contribution in [0.5, 0.6) is 0 Å². The van der Waals surface area contributed by atoms with Crippen molar-refractivity contribution >= 4 is 51.0 Å². The summed E-state index contributed by atoms with van der Waals surface area (Å²) in [7, 11) is 0. The maximum absolute atomic E-state index is 8.98. The highest BCUT2D eigenvalue weighted by Crippen LogP contribution is 2.43. The zero-order valence-corrected chi connectivity index (χ0v) is 12.4. The normalized spacial score (nSPS) is 11.3. The van der Waals surface area contributed by atoms with Crippen LogP contribution in [0.3, 0.4) is 0 Å².